The minimum Gasteiger partial charge on any atom is -0.394 e. The molecule has 0 spiro atoms. The number of carbonyl (C=O) groups is 1. The molecule has 0 aromatic heterocycles. The molecule has 13 N–H and O–H groups in total. The highest BCUT2D eigenvalue weighted by Crippen LogP contribution is 2.31. The number of carbonyl (C=O) groups excluding carboxylic acids is 1. The van der Waals surface area contributed by atoms with E-state index in [9.17, 15) is 61.0 Å². The highest BCUT2D eigenvalue weighted by Gasteiger charge is 2.51. The van der Waals surface area contributed by atoms with Gasteiger partial charge in [-0.1, -0.05) is 6.08 Å². The molecule has 0 bridgehead atoms. The average molecular weight is 630 g/mol. The van der Waals surface area contributed by atoms with E-state index in [4.69, 9.17) is 24.1 Å². The minimum absolute atomic E-state index is 0.0307. The van der Waals surface area contributed by atoms with Gasteiger partial charge in [-0.15, -0.1) is 0 Å². The maximum absolute atomic E-state index is 12.3. The van der Waals surface area contributed by atoms with Gasteiger partial charge in [-0.05, 0) is 19.4 Å². The van der Waals surface area contributed by atoms with Crippen LogP contribution in [0.25, 0.3) is 0 Å². The second-order valence-corrected chi connectivity index (χ2v) is 10.9. The molecule has 18 heteroatoms. The van der Waals surface area contributed by atoms with Crippen molar-refractivity contribution in [2.45, 2.75) is 118 Å². The van der Waals surface area contributed by atoms with Crippen LogP contribution in [0.3, 0.4) is 0 Å². The average Bonchev–Trinajstić information content (AvgIpc) is 2.99. The van der Waals surface area contributed by atoms with Gasteiger partial charge in [0.2, 0.25) is 0 Å². The third-order valence-corrected chi connectivity index (χ3v) is 7.90. The molecule has 3 rings (SSSR count). The first-order chi connectivity index (χ1) is 20.2. The monoisotopic (exact) mass is 629 g/mol. The van der Waals surface area contributed by atoms with Crippen molar-refractivity contribution >= 4 is 5.78 Å². The van der Waals surface area contributed by atoms with Crippen LogP contribution in [0.15, 0.2) is 11.6 Å². The Labute approximate surface area is 245 Å². The highest BCUT2D eigenvalue weighted by molar-refractivity contribution is 5.87. The van der Waals surface area contributed by atoms with E-state index in [1.165, 1.54) is 19.9 Å². The molecule has 17 unspecified atom stereocenters. The predicted octanol–water partition coefficient (Wildman–Crippen LogP) is -7.69. The zero-order chi connectivity index (χ0) is 32.3. The van der Waals surface area contributed by atoms with Crippen molar-refractivity contribution in [3.63, 3.8) is 0 Å². The number of Topliss-reactive ketones (excluding diaryl/α,β-unsaturated/α-hetero) is 1. The summed E-state index contributed by atoms with van der Waals surface area (Å²) in [6, 6.07) is -2.13. The number of aliphatic hydroxyl groups is 12. The zero-order valence-electron chi connectivity index (χ0n) is 23.4. The van der Waals surface area contributed by atoms with Gasteiger partial charge in [-0.2, -0.15) is 0 Å². The summed E-state index contributed by atoms with van der Waals surface area (Å²) < 4.78 is 22.2. The van der Waals surface area contributed by atoms with Crippen LogP contribution in [0.5, 0.6) is 0 Å². The van der Waals surface area contributed by atoms with Crippen molar-refractivity contribution in [2.75, 3.05) is 19.8 Å². The van der Waals surface area contributed by atoms with Crippen molar-refractivity contribution < 1.29 is 85.0 Å². The largest absolute Gasteiger partial charge is 0.394 e. The lowest BCUT2D eigenvalue weighted by atomic mass is 9.86. The van der Waals surface area contributed by atoms with E-state index in [0.29, 0.717) is 0 Å². The molecule has 3 aliphatic rings. The van der Waals surface area contributed by atoms with Crippen LogP contribution >= 0.6 is 0 Å². The van der Waals surface area contributed by atoms with Gasteiger partial charge in [-0.3, -0.25) is 4.79 Å². The lowest BCUT2D eigenvalue weighted by Gasteiger charge is -2.47. The van der Waals surface area contributed by atoms with Crippen LogP contribution < -0.4 is 5.32 Å². The fourth-order valence-corrected chi connectivity index (χ4v) is 5.26. The Bertz CT molecular complexity index is 941. The number of ether oxygens (including phenoxy) is 4. The Morgan fingerprint density at radius 2 is 1.44 bits per heavy atom. The molecule has 2 heterocycles. The number of aliphatic hydroxyl groups excluding tert-OH is 12. The normalized spacial score (nSPS) is 44.4. The van der Waals surface area contributed by atoms with E-state index in [1.54, 1.807) is 0 Å². The van der Waals surface area contributed by atoms with Crippen LogP contribution in [0.4, 0.5) is 0 Å². The molecule has 2 aliphatic heterocycles. The van der Waals surface area contributed by atoms with Crippen molar-refractivity contribution in [3.05, 3.63) is 11.6 Å². The second kappa shape index (κ2) is 15.3. The van der Waals surface area contributed by atoms with Gasteiger partial charge in [0.15, 0.2) is 18.4 Å². The van der Waals surface area contributed by atoms with E-state index in [2.05, 4.69) is 5.32 Å². The first-order valence-corrected chi connectivity index (χ1v) is 13.8. The van der Waals surface area contributed by atoms with Gasteiger partial charge < -0.3 is 85.5 Å². The number of hydrogen-bond donors (Lipinski definition) is 13. The molecule has 18 nitrogen and oxygen atoms in total. The standard InChI is InChI=1S/C25H43NO17/c1-7-13(26-10-3-9(4-27)14(32)18(36)15(10)33)17(35)20(38)24(40-7)42-22-8(2)41-25(21(39)19(22)37)43-23(12(31)6-29)16(34)11(30)5-28/h3,7-8,10-15,17-33,35-39H,4-6H2,1-2H3. The number of nitrogens with one attached hydrogen (secondary N) is 1. The molecular weight excluding hydrogens is 586 g/mol. The lowest BCUT2D eigenvalue weighted by molar-refractivity contribution is -0.351. The van der Waals surface area contributed by atoms with Crippen LogP contribution in [0, 0.1) is 0 Å². The van der Waals surface area contributed by atoms with E-state index in [-0.39, 0.29) is 5.57 Å². The molecule has 2 saturated heterocycles. The maximum atomic E-state index is 12.3. The molecule has 43 heavy (non-hydrogen) atoms. The summed E-state index contributed by atoms with van der Waals surface area (Å²) in [4.78, 5) is 12.3. The van der Waals surface area contributed by atoms with Gasteiger partial charge in [0, 0.05) is 0 Å². The summed E-state index contributed by atoms with van der Waals surface area (Å²) in [7, 11) is 0. The molecule has 0 radical (unpaired) electrons. The fourth-order valence-electron chi connectivity index (χ4n) is 5.26. The quantitative estimate of drug-likeness (QED) is 0.0891. The SMILES string of the molecule is CC1OC(OC2C(C)OC(OC(C(=O)C(O)CO)C(O)CO)C(O)C2O)C(O)C(O)C1NC1C=C(CO)C(O)C(O)C1O. The van der Waals surface area contributed by atoms with Gasteiger partial charge in [-0.25, -0.2) is 0 Å². The lowest BCUT2D eigenvalue weighted by Crippen LogP contribution is -2.68. The third-order valence-electron chi connectivity index (χ3n) is 7.90. The molecule has 1 aliphatic carbocycles. The van der Waals surface area contributed by atoms with Crippen LogP contribution in [0.2, 0.25) is 0 Å². The molecule has 0 saturated carbocycles. The van der Waals surface area contributed by atoms with Crippen molar-refractivity contribution in [2.24, 2.45) is 0 Å². The van der Waals surface area contributed by atoms with Crippen molar-refractivity contribution in [1.29, 1.82) is 0 Å². The summed E-state index contributed by atoms with van der Waals surface area (Å²) in [5, 5.41) is 124. The smallest absolute Gasteiger partial charge is 0.195 e. The topological polar surface area (TPSA) is 309 Å². The number of rotatable bonds is 12. The van der Waals surface area contributed by atoms with E-state index in [1.807, 2.05) is 0 Å². The Morgan fingerprint density at radius 1 is 0.837 bits per heavy atom. The van der Waals surface area contributed by atoms with E-state index < -0.39 is 130 Å². The first-order valence-electron chi connectivity index (χ1n) is 13.8. The van der Waals surface area contributed by atoms with Gasteiger partial charge in [0.1, 0.15) is 67.1 Å². The molecule has 2 fully saturated rings. The third kappa shape index (κ3) is 7.76. The molecule has 0 aromatic rings. The summed E-state index contributed by atoms with van der Waals surface area (Å²) in [6.45, 7) is 0.242. The summed E-state index contributed by atoms with van der Waals surface area (Å²) in [5.41, 5.74) is 0.0307. The molecule has 250 valence electrons. The van der Waals surface area contributed by atoms with Gasteiger partial charge in [0.05, 0.1) is 44.1 Å². The molecule has 17 atom stereocenters. The predicted molar refractivity (Wildman–Crippen MR) is 138 cm³/mol. The van der Waals surface area contributed by atoms with E-state index >= 15 is 0 Å². The minimum atomic E-state index is -1.98. The molecule has 0 aromatic carbocycles. The number of ketones is 1. The second-order valence-electron chi connectivity index (χ2n) is 10.9. The summed E-state index contributed by atoms with van der Waals surface area (Å²) in [5.74, 6) is -1.22. The Morgan fingerprint density at radius 3 is 2.02 bits per heavy atom. The Hall–Kier alpha value is -1.27. The van der Waals surface area contributed by atoms with Crippen LogP contribution in [-0.2, 0) is 23.7 Å². The van der Waals surface area contributed by atoms with Gasteiger partial charge in [0.25, 0.3) is 0 Å². The van der Waals surface area contributed by atoms with Crippen LogP contribution in [0.1, 0.15) is 13.8 Å². The Kier molecular flexibility index (Phi) is 12.9. The first kappa shape index (κ1) is 36.2. The molecule has 0 amide bonds. The van der Waals surface area contributed by atoms with Gasteiger partial charge >= 0.3 is 0 Å². The number of hydrogen-bond acceptors (Lipinski definition) is 18. The highest BCUT2D eigenvalue weighted by atomic mass is 16.7. The van der Waals surface area contributed by atoms with Crippen molar-refractivity contribution in [3.8, 4) is 0 Å². The fraction of sp³-hybridized carbons (Fsp3) is 0.880. The molecular formula is C25H43NO17. The van der Waals surface area contributed by atoms with Crippen molar-refractivity contribution in [1.82, 2.24) is 5.32 Å². The van der Waals surface area contributed by atoms with Crippen LogP contribution in [-0.4, -0.2) is 191 Å². The van der Waals surface area contributed by atoms with E-state index in [0.717, 1.165) is 0 Å². The zero-order valence-corrected chi connectivity index (χ0v) is 23.4. The summed E-state index contributed by atoms with van der Waals surface area (Å²) >= 11 is 0. The Balaban J connectivity index is 1.67. The maximum Gasteiger partial charge on any atom is 0.195 e. The summed E-state index contributed by atoms with van der Waals surface area (Å²) in [6.07, 6.45) is -23.2.